The van der Waals surface area contributed by atoms with Crippen LogP contribution in [0.4, 0.5) is 19.0 Å². The number of aryl methyl sites for hydroxylation is 1. The molecule has 2 heterocycles. The maximum absolute atomic E-state index is 12.3. The largest absolute Gasteiger partial charge is 0.471 e. The molecule has 3 rings (SSSR count). The number of aromatic nitrogens is 2. The van der Waals surface area contributed by atoms with Crippen LogP contribution in [0.3, 0.4) is 0 Å². The zero-order chi connectivity index (χ0) is 14.5. The third-order valence-corrected chi connectivity index (χ3v) is 2.85. The predicted octanol–water partition coefficient (Wildman–Crippen LogP) is 2.82. The van der Waals surface area contributed by atoms with Gasteiger partial charge in [0.25, 0.3) is 0 Å². The molecule has 0 saturated heterocycles. The van der Waals surface area contributed by atoms with Crippen molar-refractivity contribution in [3.05, 3.63) is 24.3 Å². The number of halogens is 3. The fraction of sp³-hybridized carbons (Fsp3) is 0.167. The number of rotatable bonds is 1. The third kappa shape index (κ3) is 1.80. The summed E-state index contributed by atoms with van der Waals surface area (Å²) in [6.07, 6.45) is -4.97. The van der Waals surface area contributed by atoms with E-state index in [1.807, 2.05) is 0 Å². The summed E-state index contributed by atoms with van der Waals surface area (Å²) in [5.41, 5.74) is 1.01. The number of carbonyl (C=O) groups excluding carboxylic acids is 1. The molecule has 0 aliphatic heterocycles. The first-order valence-corrected chi connectivity index (χ1v) is 5.60. The van der Waals surface area contributed by atoms with Gasteiger partial charge in [-0.3, -0.25) is 10.1 Å². The number of fused-ring (bicyclic) bond motifs is 3. The summed E-state index contributed by atoms with van der Waals surface area (Å²) in [6.45, 7) is 0. The van der Waals surface area contributed by atoms with Gasteiger partial charge in [-0.15, -0.1) is 0 Å². The zero-order valence-corrected chi connectivity index (χ0v) is 10.2. The SMILES string of the molecule is Cn1nc2c(oc3ccccc32)c1NC(=O)C(F)(F)F. The molecule has 8 heteroatoms. The maximum Gasteiger partial charge on any atom is 0.471 e. The number of para-hydroxylation sites is 1. The van der Waals surface area contributed by atoms with E-state index in [9.17, 15) is 18.0 Å². The highest BCUT2D eigenvalue weighted by Crippen LogP contribution is 2.33. The van der Waals surface area contributed by atoms with Crippen LogP contribution in [0.25, 0.3) is 22.1 Å². The zero-order valence-electron chi connectivity index (χ0n) is 10.2. The number of hydrogen-bond acceptors (Lipinski definition) is 3. The van der Waals surface area contributed by atoms with Crippen molar-refractivity contribution < 1.29 is 22.4 Å². The summed E-state index contributed by atoms with van der Waals surface area (Å²) < 4.78 is 43.5. The van der Waals surface area contributed by atoms with Gasteiger partial charge in [0.05, 0.1) is 0 Å². The molecule has 0 saturated carbocycles. The third-order valence-electron chi connectivity index (χ3n) is 2.85. The maximum atomic E-state index is 12.3. The molecule has 1 N–H and O–H groups in total. The van der Waals surface area contributed by atoms with E-state index in [1.165, 1.54) is 7.05 Å². The number of alkyl halides is 3. The molecular formula is C12H8F3N3O2. The molecule has 104 valence electrons. The number of nitrogens with one attached hydrogen (secondary N) is 1. The quantitative estimate of drug-likeness (QED) is 0.747. The van der Waals surface area contributed by atoms with E-state index in [1.54, 1.807) is 29.6 Å². The second-order valence-electron chi connectivity index (χ2n) is 4.20. The van der Waals surface area contributed by atoms with E-state index in [4.69, 9.17) is 4.42 Å². The summed E-state index contributed by atoms with van der Waals surface area (Å²) in [5, 5.41) is 6.53. The van der Waals surface area contributed by atoms with Crippen molar-refractivity contribution in [3.8, 4) is 0 Å². The highest BCUT2D eigenvalue weighted by atomic mass is 19.4. The van der Waals surface area contributed by atoms with Crippen LogP contribution in [-0.4, -0.2) is 21.9 Å². The van der Waals surface area contributed by atoms with E-state index in [-0.39, 0.29) is 11.4 Å². The monoisotopic (exact) mass is 283 g/mol. The van der Waals surface area contributed by atoms with Crippen molar-refractivity contribution in [3.63, 3.8) is 0 Å². The average molecular weight is 283 g/mol. The fourth-order valence-corrected chi connectivity index (χ4v) is 1.95. The molecule has 0 bridgehead atoms. The van der Waals surface area contributed by atoms with Crippen LogP contribution in [-0.2, 0) is 11.8 Å². The molecule has 20 heavy (non-hydrogen) atoms. The molecule has 3 aromatic rings. The van der Waals surface area contributed by atoms with Crippen LogP contribution in [0.2, 0.25) is 0 Å². The predicted molar refractivity (Wildman–Crippen MR) is 65.2 cm³/mol. The minimum absolute atomic E-state index is 0.117. The Labute approximate surface area is 109 Å². The Hall–Kier alpha value is -2.51. The Balaban J connectivity index is 2.15. The highest BCUT2D eigenvalue weighted by Gasteiger charge is 2.39. The van der Waals surface area contributed by atoms with Gasteiger partial charge in [-0.25, -0.2) is 4.68 Å². The molecule has 5 nitrogen and oxygen atoms in total. The Kier molecular flexibility index (Phi) is 2.50. The molecule has 0 atom stereocenters. The van der Waals surface area contributed by atoms with Crippen LogP contribution in [0.5, 0.6) is 0 Å². The number of carbonyl (C=O) groups is 1. The van der Waals surface area contributed by atoms with Gasteiger partial charge in [-0.05, 0) is 12.1 Å². The normalized spacial score (nSPS) is 12.2. The molecule has 0 aliphatic carbocycles. The number of furan rings is 1. The summed E-state index contributed by atoms with van der Waals surface area (Å²) in [6, 6.07) is 6.91. The van der Waals surface area contributed by atoms with E-state index in [0.29, 0.717) is 16.5 Å². The lowest BCUT2D eigenvalue weighted by Gasteiger charge is -2.07. The van der Waals surface area contributed by atoms with Gasteiger partial charge in [0, 0.05) is 12.4 Å². The molecule has 0 fully saturated rings. The second-order valence-corrected chi connectivity index (χ2v) is 4.20. The van der Waals surface area contributed by atoms with Crippen LogP contribution in [0.15, 0.2) is 28.7 Å². The first-order valence-electron chi connectivity index (χ1n) is 5.60. The van der Waals surface area contributed by atoms with Gasteiger partial charge in [0.1, 0.15) is 11.1 Å². The summed E-state index contributed by atoms with van der Waals surface area (Å²) in [7, 11) is 1.43. The van der Waals surface area contributed by atoms with Crippen molar-refractivity contribution in [1.82, 2.24) is 9.78 Å². The summed E-state index contributed by atoms with van der Waals surface area (Å²) in [4.78, 5) is 11.0. The molecule has 1 amide bonds. The Morgan fingerprint density at radius 2 is 2.05 bits per heavy atom. The van der Waals surface area contributed by atoms with Gasteiger partial charge in [0.2, 0.25) is 0 Å². The lowest BCUT2D eigenvalue weighted by atomic mass is 10.2. The molecule has 0 spiro atoms. The fourth-order valence-electron chi connectivity index (χ4n) is 1.95. The number of hydrogen-bond donors (Lipinski definition) is 1. The first-order chi connectivity index (χ1) is 9.38. The first kappa shape index (κ1) is 12.5. The molecule has 0 radical (unpaired) electrons. The second kappa shape index (κ2) is 3.99. The highest BCUT2D eigenvalue weighted by molar-refractivity contribution is 6.09. The summed E-state index contributed by atoms with van der Waals surface area (Å²) in [5.74, 6) is -2.19. The molecule has 2 aromatic heterocycles. The van der Waals surface area contributed by atoms with E-state index in [0.717, 1.165) is 4.68 Å². The van der Waals surface area contributed by atoms with Gasteiger partial charge < -0.3 is 4.42 Å². The van der Waals surface area contributed by atoms with Crippen molar-refractivity contribution in [1.29, 1.82) is 0 Å². The average Bonchev–Trinajstić information content (AvgIpc) is 2.86. The van der Waals surface area contributed by atoms with Crippen molar-refractivity contribution in [2.45, 2.75) is 6.18 Å². The van der Waals surface area contributed by atoms with Crippen LogP contribution < -0.4 is 5.32 Å². The molecule has 0 unspecified atom stereocenters. The lowest BCUT2D eigenvalue weighted by Crippen LogP contribution is -2.30. The standard InChI is InChI=1S/C12H8F3N3O2/c1-18-10(16-11(19)12(13,14)15)9-8(17-18)6-4-2-3-5-7(6)20-9/h2-5H,1H3,(H,16,19). The van der Waals surface area contributed by atoms with Crippen molar-refractivity contribution in [2.75, 3.05) is 5.32 Å². The Bertz CT molecular complexity index is 816. The molecular weight excluding hydrogens is 275 g/mol. The van der Waals surface area contributed by atoms with E-state index < -0.39 is 12.1 Å². The number of nitrogens with zero attached hydrogens (tertiary/aromatic N) is 2. The lowest BCUT2D eigenvalue weighted by molar-refractivity contribution is -0.167. The van der Waals surface area contributed by atoms with Crippen molar-refractivity contribution in [2.24, 2.45) is 7.05 Å². The number of anilines is 1. The minimum atomic E-state index is -4.97. The van der Waals surface area contributed by atoms with Crippen LogP contribution in [0.1, 0.15) is 0 Å². The molecule has 0 aliphatic rings. The van der Waals surface area contributed by atoms with Crippen LogP contribution >= 0.6 is 0 Å². The van der Waals surface area contributed by atoms with E-state index in [2.05, 4.69) is 5.10 Å². The Morgan fingerprint density at radius 1 is 1.35 bits per heavy atom. The van der Waals surface area contributed by atoms with Gasteiger partial charge >= 0.3 is 12.1 Å². The smallest absolute Gasteiger partial charge is 0.450 e. The van der Waals surface area contributed by atoms with Crippen LogP contribution in [0, 0.1) is 0 Å². The number of benzene rings is 1. The molecule has 1 aromatic carbocycles. The number of amides is 1. The van der Waals surface area contributed by atoms with Crippen molar-refractivity contribution >= 4 is 33.8 Å². The Morgan fingerprint density at radius 3 is 2.75 bits per heavy atom. The van der Waals surface area contributed by atoms with Gasteiger partial charge in [0.15, 0.2) is 11.4 Å². The van der Waals surface area contributed by atoms with Gasteiger partial charge in [-0.1, -0.05) is 12.1 Å². The van der Waals surface area contributed by atoms with E-state index >= 15 is 0 Å². The minimum Gasteiger partial charge on any atom is -0.450 e. The summed E-state index contributed by atoms with van der Waals surface area (Å²) >= 11 is 0. The van der Waals surface area contributed by atoms with Gasteiger partial charge in [-0.2, -0.15) is 18.3 Å². The topological polar surface area (TPSA) is 60.1 Å².